The van der Waals surface area contributed by atoms with Crippen molar-refractivity contribution in [2.24, 2.45) is 7.05 Å². The van der Waals surface area contributed by atoms with Gasteiger partial charge in [-0.25, -0.2) is 4.79 Å². The maximum Gasteiger partial charge on any atom is 0.412 e. The summed E-state index contributed by atoms with van der Waals surface area (Å²) in [4.78, 5) is 23.4. The monoisotopic (exact) mass is 427 g/mol. The lowest BCUT2D eigenvalue weighted by molar-refractivity contribution is -0.136. The number of nitrogens with zero attached hydrogens (tertiary/aromatic N) is 2. The third-order valence-electron chi connectivity index (χ3n) is 4.66. The highest BCUT2D eigenvalue weighted by Gasteiger charge is 2.20. The molecule has 1 atom stereocenters. The maximum absolute atomic E-state index is 12.5. The Hall–Kier alpha value is -3.32. The highest BCUT2D eigenvalue weighted by atomic mass is 35.5. The van der Waals surface area contributed by atoms with Gasteiger partial charge in [-0.2, -0.15) is 5.10 Å². The fourth-order valence-corrected chi connectivity index (χ4v) is 3.54. The molecule has 1 aromatic heterocycles. The Morgan fingerprint density at radius 2 is 1.87 bits per heavy atom. The molecule has 3 rings (SSSR count). The molecule has 1 amide bonds. The molecular formula is C22H22ClN3O4. The van der Waals surface area contributed by atoms with Crippen LogP contribution in [0.3, 0.4) is 0 Å². The van der Waals surface area contributed by atoms with Crippen LogP contribution in [-0.2, 0) is 23.0 Å². The smallest absolute Gasteiger partial charge is 0.412 e. The number of carboxylic acid groups (broad SMARTS) is 1. The van der Waals surface area contributed by atoms with E-state index in [9.17, 15) is 9.59 Å². The number of nitrogens with one attached hydrogen (secondary N) is 1. The number of aliphatic carboxylic acids is 1. The van der Waals surface area contributed by atoms with Crippen LogP contribution in [0.15, 0.2) is 48.5 Å². The van der Waals surface area contributed by atoms with Crippen LogP contribution in [0.2, 0.25) is 5.02 Å². The first-order valence-corrected chi connectivity index (χ1v) is 9.70. The lowest BCUT2D eigenvalue weighted by atomic mass is 10.1. The third-order valence-corrected chi connectivity index (χ3v) is 5.00. The number of carbonyl (C=O) groups excluding carboxylic acids is 1. The van der Waals surface area contributed by atoms with Crippen molar-refractivity contribution in [3.05, 3.63) is 70.4 Å². The summed E-state index contributed by atoms with van der Waals surface area (Å²) < 4.78 is 7.16. The Morgan fingerprint density at radius 1 is 1.20 bits per heavy atom. The molecule has 30 heavy (non-hydrogen) atoms. The number of hydrogen-bond donors (Lipinski definition) is 2. The Morgan fingerprint density at radius 3 is 2.50 bits per heavy atom. The van der Waals surface area contributed by atoms with Crippen LogP contribution in [0.4, 0.5) is 10.5 Å². The van der Waals surface area contributed by atoms with Crippen LogP contribution < -0.4 is 5.32 Å². The number of carboxylic acids is 1. The highest BCUT2D eigenvalue weighted by Crippen LogP contribution is 2.32. The van der Waals surface area contributed by atoms with Gasteiger partial charge >= 0.3 is 12.1 Å². The van der Waals surface area contributed by atoms with E-state index in [2.05, 4.69) is 10.4 Å². The van der Waals surface area contributed by atoms with E-state index in [1.165, 1.54) is 0 Å². The summed E-state index contributed by atoms with van der Waals surface area (Å²) >= 11 is 6.18. The van der Waals surface area contributed by atoms with Gasteiger partial charge in [0.1, 0.15) is 6.10 Å². The van der Waals surface area contributed by atoms with E-state index in [4.69, 9.17) is 21.4 Å². The van der Waals surface area contributed by atoms with Crippen molar-refractivity contribution in [1.29, 1.82) is 0 Å². The van der Waals surface area contributed by atoms with E-state index in [1.807, 2.05) is 12.1 Å². The molecule has 0 saturated heterocycles. The molecule has 1 heterocycles. The molecule has 0 fully saturated rings. The number of hydrogen-bond acceptors (Lipinski definition) is 4. The van der Waals surface area contributed by atoms with E-state index in [1.54, 1.807) is 62.0 Å². The molecule has 0 aliphatic carbocycles. The molecule has 3 aromatic rings. The average Bonchev–Trinajstić information content (AvgIpc) is 2.95. The highest BCUT2D eigenvalue weighted by molar-refractivity contribution is 6.31. The molecule has 8 heteroatoms. The van der Waals surface area contributed by atoms with Crippen LogP contribution in [-0.4, -0.2) is 26.9 Å². The van der Waals surface area contributed by atoms with Crippen LogP contribution in [0.5, 0.6) is 0 Å². The zero-order valence-corrected chi connectivity index (χ0v) is 17.6. The van der Waals surface area contributed by atoms with Gasteiger partial charge in [0.25, 0.3) is 0 Å². The number of carbonyl (C=O) groups is 2. The van der Waals surface area contributed by atoms with Crippen molar-refractivity contribution in [3.63, 3.8) is 0 Å². The van der Waals surface area contributed by atoms with Crippen molar-refractivity contribution in [3.8, 4) is 11.3 Å². The van der Waals surface area contributed by atoms with Gasteiger partial charge in [0, 0.05) is 23.2 Å². The van der Waals surface area contributed by atoms with Gasteiger partial charge in [0.05, 0.1) is 23.5 Å². The average molecular weight is 428 g/mol. The molecule has 0 saturated carbocycles. The lowest BCUT2D eigenvalue weighted by Gasteiger charge is -2.16. The SMILES string of the molecule is Cc1nn(C)c(-c2ccc(CC(=O)O)cc2)c1NC(=O)OC(C)c1ccccc1Cl. The third kappa shape index (κ3) is 4.80. The van der Waals surface area contributed by atoms with Crippen LogP contribution in [0.25, 0.3) is 11.3 Å². The quantitative estimate of drug-likeness (QED) is 0.578. The zero-order chi connectivity index (χ0) is 21.8. The van der Waals surface area contributed by atoms with E-state index in [-0.39, 0.29) is 6.42 Å². The summed E-state index contributed by atoms with van der Waals surface area (Å²) in [6.07, 6.45) is -1.21. The van der Waals surface area contributed by atoms with E-state index in [0.29, 0.717) is 33.2 Å². The molecule has 0 radical (unpaired) electrons. The molecule has 156 valence electrons. The second-order valence-electron chi connectivity index (χ2n) is 6.89. The molecule has 2 aromatic carbocycles. The van der Waals surface area contributed by atoms with Crippen molar-refractivity contribution < 1.29 is 19.4 Å². The maximum atomic E-state index is 12.5. The fraction of sp³-hybridized carbons (Fsp3) is 0.227. The minimum Gasteiger partial charge on any atom is -0.481 e. The molecule has 0 bridgehead atoms. The van der Waals surface area contributed by atoms with Gasteiger partial charge in [-0.1, -0.05) is 54.1 Å². The Bertz CT molecular complexity index is 1080. The normalized spacial score (nSPS) is 11.7. The van der Waals surface area contributed by atoms with E-state index < -0.39 is 18.2 Å². The van der Waals surface area contributed by atoms with E-state index >= 15 is 0 Å². The Balaban J connectivity index is 1.81. The lowest BCUT2D eigenvalue weighted by Crippen LogP contribution is -2.17. The number of ether oxygens (including phenoxy) is 1. The summed E-state index contributed by atoms with van der Waals surface area (Å²) in [7, 11) is 1.77. The predicted octanol–water partition coefficient (Wildman–Crippen LogP) is 4.99. The molecule has 2 N–H and O–H groups in total. The molecule has 0 aliphatic heterocycles. The summed E-state index contributed by atoms with van der Waals surface area (Å²) in [5.74, 6) is -0.892. The van der Waals surface area contributed by atoms with E-state index in [0.717, 1.165) is 5.56 Å². The molecule has 7 nitrogen and oxygen atoms in total. The van der Waals surface area contributed by atoms with Crippen LogP contribution in [0, 0.1) is 6.92 Å². The molecule has 1 unspecified atom stereocenters. The number of aromatic nitrogens is 2. The second-order valence-corrected chi connectivity index (χ2v) is 7.30. The van der Waals surface area contributed by atoms with Crippen LogP contribution >= 0.6 is 11.6 Å². The van der Waals surface area contributed by atoms with Gasteiger partial charge < -0.3 is 9.84 Å². The number of rotatable bonds is 6. The largest absolute Gasteiger partial charge is 0.481 e. The van der Waals surface area contributed by atoms with Gasteiger partial charge in [-0.05, 0) is 25.5 Å². The van der Waals surface area contributed by atoms with Gasteiger partial charge in [-0.15, -0.1) is 0 Å². The fourth-order valence-electron chi connectivity index (χ4n) is 3.25. The van der Waals surface area contributed by atoms with Crippen molar-refractivity contribution >= 4 is 29.4 Å². The van der Waals surface area contributed by atoms with Crippen molar-refractivity contribution in [2.75, 3.05) is 5.32 Å². The Labute approximate surface area is 179 Å². The number of anilines is 1. The van der Waals surface area contributed by atoms with Gasteiger partial charge in [0.2, 0.25) is 0 Å². The summed E-state index contributed by atoms with van der Waals surface area (Å²) in [6, 6.07) is 14.3. The van der Waals surface area contributed by atoms with Gasteiger partial charge in [0.15, 0.2) is 0 Å². The number of amides is 1. The first-order chi connectivity index (χ1) is 14.3. The minimum absolute atomic E-state index is 0.0535. The second kappa shape index (κ2) is 9.00. The summed E-state index contributed by atoms with van der Waals surface area (Å²) in [5, 5.41) is 16.6. The first kappa shape index (κ1) is 21.4. The molecule has 0 spiro atoms. The summed E-state index contributed by atoms with van der Waals surface area (Å²) in [6.45, 7) is 3.54. The molecular weight excluding hydrogens is 406 g/mol. The van der Waals surface area contributed by atoms with Crippen LogP contribution in [0.1, 0.15) is 29.8 Å². The van der Waals surface area contributed by atoms with Gasteiger partial charge in [-0.3, -0.25) is 14.8 Å². The minimum atomic E-state index is -0.892. The first-order valence-electron chi connectivity index (χ1n) is 9.33. The number of aryl methyl sites for hydroxylation is 2. The standard InChI is InChI=1S/C22H22ClN3O4/c1-13-20(24-22(29)30-14(2)17-6-4-5-7-18(17)23)21(26(3)25-13)16-10-8-15(9-11-16)12-19(27)28/h4-11,14H,12H2,1-3H3,(H,24,29)(H,27,28). The Kier molecular flexibility index (Phi) is 6.42. The topological polar surface area (TPSA) is 93.5 Å². The summed E-state index contributed by atoms with van der Waals surface area (Å²) in [5.41, 5.74) is 4.04. The van der Waals surface area contributed by atoms with Crippen molar-refractivity contribution in [1.82, 2.24) is 9.78 Å². The number of halogens is 1. The number of benzene rings is 2. The molecule has 0 aliphatic rings. The zero-order valence-electron chi connectivity index (χ0n) is 16.8. The predicted molar refractivity (Wildman–Crippen MR) is 115 cm³/mol. The van der Waals surface area contributed by atoms with Crippen molar-refractivity contribution in [2.45, 2.75) is 26.4 Å².